The Labute approximate surface area is 307 Å². The molecule has 11 heteroatoms. The van der Waals surface area contributed by atoms with Gasteiger partial charge in [0, 0.05) is 33.0 Å². The standard InChI is InChI=1S/C40H25Cl3N2O6/c41-23-13-9-22(10-14-23)37(47)44(20-32(46)21-11-16-25(17-12-21)51-40(50)30-18-15-24(42)19-31(30)43)45-38(48)35-33-26-5-1-2-6-27(26)34(36(35)39(45)49)29-8-4-3-7-28(29)33/h1-19,33-36H,20H2/t33?,34?,35-,36-/m0/s1. The van der Waals surface area contributed by atoms with E-state index in [2.05, 4.69) is 0 Å². The minimum Gasteiger partial charge on any atom is -0.423 e. The molecule has 5 aromatic carbocycles. The van der Waals surface area contributed by atoms with E-state index in [9.17, 15) is 24.0 Å². The summed E-state index contributed by atoms with van der Waals surface area (Å²) in [6, 6.07) is 31.7. The summed E-state index contributed by atoms with van der Waals surface area (Å²) in [6.45, 7) is -0.618. The molecule has 0 unspecified atom stereocenters. The topological polar surface area (TPSA) is 101 Å². The van der Waals surface area contributed by atoms with Crippen molar-refractivity contribution in [2.24, 2.45) is 11.8 Å². The fraction of sp³-hybridized carbons (Fsp3) is 0.125. The van der Waals surface area contributed by atoms with Gasteiger partial charge in [0.15, 0.2) is 5.78 Å². The van der Waals surface area contributed by atoms with Crippen molar-refractivity contribution in [2.75, 3.05) is 6.54 Å². The number of ketones is 1. The lowest BCUT2D eigenvalue weighted by molar-refractivity contribution is -0.154. The van der Waals surface area contributed by atoms with Crippen molar-refractivity contribution in [3.05, 3.63) is 169 Å². The molecule has 1 aliphatic heterocycles. The number of ether oxygens (including phenoxy) is 1. The van der Waals surface area contributed by atoms with Crippen LogP contribution in [0.5, 0.6) is 5.75 Å². The molecule has 51 heavy (non-hydrogen) atoms. The highest BCUT2D eigenvalue weighted by Crippen LogP contribution is 2.61. The summed E-state index contributed by atoms with van der Waals surface area (Å²) in [5.74, 6) is -5.23. The zero-order chi connectivity index (χ0) is 35.6. The van der Waals surface area contributed by atoms with Crippen LogP contribution in [-0.4, -0.2) is 46.0 Å². The molecule has 4 aliphatic rings. The predicted molar refractivity (Wildman–Crippen MR) is 190 cm³/mol. The van der Waals surface area contributed by atoms with Crippen LogP contribution in [-0.2, 0) is 9.59 Å². The summed E-state index contributed by atoms with van der Waals surface area (Å²) in [5.41, 5.74) is 4.34. The van der Waals surface area contributed by atoms with Crippen LogP contribution in [0.2, 0.25) is 15.1 Å². The van der Waals surface area contributed by atoms with Gasteiger partial charge in [0.1, 0.15) is 12.3 Å². The van der Waals surface area contributed by atoms with Gasteiger partial charge in [-0.05, 0) is 89.0 Å². The number of halogens is 3. The summed E-state index contributed by atoms with van der Waals surface area (Å²) in [6.07, 6.45) is 0. The van der Waals surface area contributed by atoms with Crippen LogP contribution < -0.4 is 4.74 Å². The second-order valence-electron chi connectivity index (χ2n) is 12.6. The molecule has 3 amide bonds. The van der Waals surface area contributed by atoms with Crippen molar-refractivity contribution in [1.82, 2.24) is 10.0 Å². The lowest BCUT2D eigenvalue weighted by atomic mass is 9.55. The molecule has 9 rings (SSSR count). The summed E-state index contributed by atoms with van der Waals surface area (Å²) in [7, 11) is 0. The zero-order valence-corrected chi connectivity index (χ0v) is 28.7. The maximum absolute atomic E-state index is 14.5. The average molecular weight is 736 g/mol. The fourth-order valence-corrected chi connectivity index (χ4v) is 8.24. The van der Waals surface area contributed by atoms with Gasteiger partial charge in [0.25, 0.3) is 17.7 Å². The summed E-state index contributed by atoms with van der Waals surface area (Å²) in [5, 5.41) is 2.70. The van der Waals surface area contributed by atoms with Gasteiger partial charge < -0.3 is 4.74 Å². The molecule has 0 saturated carbocycles. The number of carbonyl (C=O) groups excluding carboxylic acids is 5. The Kier molecular flexibility index (Phi) is 8.26. The van der Waals surface area contributed by atoms with E-state index < -0.39 is 59.7 Å². The van der Waals surface area contributed by atoms with Crippen LogP contribution in [0.1, 0.15) is 65.2 Å². The molecule has 252 valence electrons. The third-order valence-corrected chi connectivity index (χ3v) is 10.6. The highest BCUT2D eigenvalue weighted by atomic mass is 35.5. The van der Waals surface area contributed by atoms with Crippen LogP contribution in [0, 0.1) is 11.8 Å². The Hall–Kier alpha value is -5.28. The highest BCUT2D eigenvalue weighted by Gasteiger charge is 2.63. The summed E-state index contributed by atoms with van der Waals surface area (Å²) in [4.78, 5) is 69.8. The lowest BCUT2D eigenvalue weighted by Gasteiger charge is -2.45. The summed E-state index contributed by atoms with van der Waals surface area (Å²) >= 11 is 18.2. The quantitative estimate of drug-likeness (QED) is 0.0727. The van der Waals surface area contributed by atoms with Gasteiger partial charge in [-0.3, -0.25) is 19.2 Å². The van der Waals surface area contributed by atoms with E-state index in [1.165, 1.54) is 66.7 Å². The van der Waals surface area contributed by atoms with E-state index in [0.29, 0.717) is 10.0 Å². The molecule has 0 spiro atoms. The molecular weight excluding hydrogens is 711 g/mol. The molecule has 1 saturated heterocycles. The molecule has 2 atom stereocenters. The second kappa shape index (κ2) is 12.8. The number of hydrazine groups is 1. The van der Waals surface area contributed by atoms with Gasteiger partial charge in [0.05, 0.1) is 22.4 Å². The Morgan fingerprint density at radius 3 is 1.63 bits per heavy atom. The number of hydrogen-bond acceptors (Lipinski definition) is 6. The van der Waals surface area contributed by atoms with E-state index in [4.69, 9.17) is 39.5 Å². The third kappa shape index (κ3) is 5.51. The van der Waals surface area contributed by atoms with Crippen LogP contribution in [0.3, 0.4) is 0 Å². The smallest absolute Gasteiger partial charge is 0.345 e. The molecule has 3 aliphatic carbocycles. The Morgan fingerprint density at radius 2 is 1.12 bits per heavy atom. The molecule has 0 aromatic heterocycles. The predicted octanol–water partition coefficient (Wildman–Crippen LogP) is 8.00. The molecule has 1 fully saturated rings. The van der Waals surface area contributed by atoms with E-state index in [0.717, 1.165) is 32.3 Å². The van der Waals surface area contributed by atoms with Gasteiger partial charge in [-0.15, -0.1) is 0 Å². The van der Waals surface area contributed by atoms with Crippen LogP contribution in [0.15, 0.2) is 115 Å². The SMILES string of the molecule is O=C(CN(C(=O)c1ccc(Cl)cc1)N1C(=O)[C@H]2C3c4ccccc4C(c4ccccc43)[C@@H]2C1=O)c1ccc(OC(=O)c2ccc(Cl)cc2Cl)cc1. The van der Waals surface area contributed by atoms with Crippen LogP contribution >= 0.6 is 34.8 Å². The highest BCUT2D eigenvalue weighted by molar-refractivity contribution is 6.36. The molecular formula is C40H25Cl3N2O6. The first-order chi connectivity index (χ1) is 24.6. The molecule has 0 radical (unpaired) electrons. The van der Waals surface area contributed by atoms with E-state index in [-0.39, 0.29) is 27.5 Å². The number of Topliss-reactive ketones (excluding diaryl/α,β-unsaturated/α-hetero) is 1. The van der Waals surface area contributed by atoms with Crippen molar-refractivity contribution in [1.29, 1.82) is 0 Å². The lowest BCUT2D eigenvalue weighted by Crippen LogP contribution is -2.52. The molecule has 5 aromatic rings. The number of amides is 3. The molecule has 2 bridgehead atoms. The number of carbonyl (C=O) groups is 5. The minimum atomic E-state index is -0.758. The van der Waals surface area contributed by atoms with Gasteiger partial charge in [-0.25, -0.2) is 9.80 Å². The first-order valence-electron chi connectivity index (χ1n) is 16.1. The minimum absolute atomic E-state index is 0.109. The van der Waals surface area contributed by atoms with Crippen LogP contribution in [0.25, 0.3) is 0 Å². The Balaban J connectivity index is 1.11. The normalized spacial score (nSPS) is 19.6. The first kappa shape index (κ1) is 32.9. The van der Waals surface area contributed by atoms with Crippen molar-refractivity contribution >= 4 is 64.3 Å². The molecule has 0 N–H and O–H groups in total. The maximum Gasteiger partial charge on any atom is 0.345 e. The second-order valence-corrected chi connectivity index (χ2v) is 13.9. The maximum atomic E-state index is 14.5. The monoisotopic (exact) mass is 734 g/mol. The van der Waals surface area contributed by atoms with Gasteiger partial charge in [-0.2, -0.15) is 5.01 Å². The average Bonchev–Trinajstić information content (AvgIpc) is 3.40. The third-order valence-electron chi connectivity index (χ3n) is 9.82. The zero-order valence-electron chi connectivity index (χ0n) is 26.5. The van der Waals surface area contributed by atoms with Crippen molar-refractivity contribution in [3.63, 3.8) is 0 Å². The van der Waals surface area contributed by atoms with Crippen molar-refractivity contribution in [3.8, 4) is 5.75 Å². The Bertz CT molecular complexity index is 2180. The number of benzene rings is 5. The first-order valence-corrected chi connectivity index (χ1v) is 17.2. The van der Waals surface area contributed by atoms with E-state index >= 15 is 0 Å². The number of rotatable bonds is 7. The van der Waals surface area contributed by atoms with Crippen LogP contribution in [0.4, 0.5) is 0 Å². The van der Waals surface area contributed by atoms with E-state index in [1.54, 1.807) is 0 Å². The summed E-state index contributed by atoms with van der Waals surface area (Å²) < 4.78 is 5.43. The Morgan fingerprint density at radius 1 is 0.627 bits per heavy atom. The number of esters is 1. The number of imide groups is 1. The molecule has 8 nitrogen and oxygen atoms in total. The van der Waals surface area contributed by atoms with Gasteiger partial charge >= 0.3 is 5.97 Å². The number of hydrogen-bond donors (Lipinski definition) is 0. The van der Waals surface area contributed by atoms with Crippen molar-refractivity contribution in [2.45, 2.75) is 11.8 Å². The van der Waals surface area contributed by atoms with Crippen molar-refractivity contribution < 1.29 is 28.7 Å². The number of nitrogens with zero attached hydrogens (tertiary/aromatic N) is 2. The molecule has 1 heterocycles. The fourth-order valence-electron chi connectivity index (χ4n) is 7.63. The largest absolute Gasteiger partial charge is 0.423 e. The van der Waals surface area contributed by atoms with Gasteiger partial charge in [0.2, 0.25) is 0 Å². The van der Waals surface area contributed by atoms with E-state index in [1.807, 2.05) is 48.5 Å². The van der Waals surface area contributed by atoms with Gasteiger partial charge in [-0.1, -0.05) is 83.3 Å².